The van der Waals surface area contributed by atoms with Crippen LogP contribution in [0.1, 0.15) is 110 Å². The molecule has 0 aromatic heterocycles. The van der Waals surface area contributed by atoms with Gasteiger partial charge in [0.2, 0.25) is 0 Å². The van der Waals surface area contributed by atoms with Gasteiger partial charge < -0.3 is 60.3 Å². The minimum absolute atomic E-state index is 0.313. The van der Waals surface area contributed by atoms with Crippen LogP contribution in [-0.4, -0.2) is 78.9 Å². The maximum atomic E-state index is 6.21. The van der Waals surface area contributed by atoms with Crippen molar-refractivity contribution in [1.82, 2.24) is 31.9 Å². The molecule has 0 spiro atoms. The van der Waals surface area contributed by atoms with Gasteiger partial charge in [-0.2, -0.15) is 0 Å². The highest BCUT2D eigenvalue weighted by molar-refractivity contribution is 5.97. The van der Waals surface area contributed by atoms with E-state index in [2.05, 4.69) is 105 Å². The lowest BCUT2D eigenvalue weighted by molar-refractivity contribution is 0.278. The smallest absolute Gasteiger partial charge is 0.131 e. The molecule has 0 saturated heterocycles. The lowest BCUT2D eigenvalue weighted by atomic mass is 9.89. The van der Waals surface area contributed by atoms with Crippen LogP contribution in [0.25, 0.3) is 32.3 Å². The van der Waals surface area contributed by atoms with Gasteiger partial charge in [-0.3, -0.25) is 0 Å². The Balaban J connectivity index is 0.969. The van der Waals surface area contributed by atoms with E-state index in [0.29, 0.717) is 75.5 Å². The third-order valence-corrected chi connectivity index (χ3v) is 16.6. The molecule has 3 aliphatic carbocycles. The van der Waals surface area contributed by atoms with Crippen LogP contribution in [0.5, 0.6) is 34.5 Å². The first-order valence-electron chi connectivity index (χ1n) is 26.8. The normalized spacial score (nSPS) is 23.8. The Morgan fingerprint density at radius 2 is 0.403 bits per heavy atom. The van der Waals surface area contributed by atoms with E-state index >= 15 is 0 Å². The Labute approximate surface area is 426 Å². The molecule has 6 atom stereocenters. The van der Waals surface area contributed by atoms with E-state index in [-0.39, 0.29) is 0 Å². The molecule has 384 valence electrons. The molecular formula is C60H78N6O6. The van der Waals surface area contributed by atoms with Gasteiger partial charge in [0.05, 0.1) is 42.7 Å². The van der Waals surface area contributed by atoms with Gasteiger partial charge in [-0.1, -0.05) is 111 Å². The fourth-order valence-corrected chi connectivity index (χ4v) is 12.9. The number of methoxy groups -OCH3 is 6. The molecule has 12 heteroatoms. The van der Waals surface area contributed by atoms with Crippen LogP contribution in [0.2, 0.25) is 0 Å². The fraction of sp³-hybridized carbons (Fsp3) is 0.500. The molecule has 0 amide bonds. The molecule has 7 heterocycles. The van der Waals surface area contributed by atoms with Crippen LogP contribution in [-0.2, 0) is 39.3 Å². The maximum Gasteiger partial charge on any atom is 0.131 e. The highest BCUT2D eigenvalue weighted by Crippen LogP contribution is 2.41. The van der Waals surface area contributed by atoms with Crippen molar-refractivity contribution in [2.24, 2.45) is 0 Å². The molecular weight excluding hydrogens is 901 g/mol. The summed E-state index contributed by atoms with van der Waals surface area (Å²) in [5, 5.41) is 30.2. The van der Waals surface area contributed by atoms with Crippen LogP contribution in [0.3, 0.4) is 0 Å². The van der Waals surface area contributed by atoms with Crippen LogP contribution in [0.15, 0.2) is 72.8 Å². The zero-order chi connectivity index (χ0) is 49.6. The first kappa shape index (κ1) is 50.2. The van der Waals surface area contributed by atoms with Crippen molar-refractivity contribution in [3.8, 4) is 34.5 Å². The molecule has 12 nitrogen and oxygen atoms in total. The third-order valence-electron chi connectivity index (χ3n) is 16.6. The standard InChI is InChI=1S/C60H78N6O6/c1-67-55-37-19-26-44-43(55)25-20-38(56(44)68-2)32-62-51-15-9-10-16-52(51)64-34-40-23-29-48-47(58(40)70-4)30-24-42(60(48)72-6)36-66-54-18-12-11-17-53(54)65-35-41-22-28-45-46(59(41)71-5)27-21-39(57(45)69-3)33-63-50-14-8-7-13-49(50)61-31-37/h19-30,49-54,61-66H,7-18,31-36H2,1-6H3/t49-,50-,51-,52-,53-,54-/m1/s1. The van der Waals surface area contributed by atoms with Crippen molar-refractivity contribution >= 4 is 32.3 Å². The highest BCUT2D eigenvalue weighted by atomic mass is 16.5. The van der Waals surface area contributed by atoms with Gasteiger partial charge in [0.15, 0.2) is 0 Å². The van der Waals surface area contributed by atoms with E-state index in [0.717, 1.165) is 139 Å². The second-order valence-electron chi connectivity index (χ2n) is 20.6. The van der Waals surface area contributed by atoms with E-state index < -0.39 is 0 Å². The van der Waals surface area contributed by atoms with Crippen LogP contribution in [0.4, 0.5) is 0 Å². The number of benzene rings is 6. The predicted molar refractivity (Wildman–Crippen MR) is 290 cm³/mol. The molecule has 72 heavy (non-hydrogen) atoms. The monoisotopic (exact) mass is 979 g/mol. The predicted octanol–water partition coefficient (Wildman–Crippen LogP) is 10.1. The van der Waals surface area contributed by atoms with E-state index in [4.69, 9.17) is 28.4 Å². The quantitative estimate of drug-likeness (QED) is 0.0952. The Morgan fingerprint density at radius 3 is 0.542 bits per heavy atom. The van der Waals surface area contributed by atoms with Crippen molar-refractivity contribution in [3.05, 3.63) is 106 Å². The van der Waals surface area contributed by atoms with Gasteiger partial charge in [0.25, 0.3) is 0 Å². The molecule has 3 fully saturated rings. The van der Waals surface area contributed by atoms with E-state index in [9.17, 15) is 0 Å². The highest BCUT2D eigenvalue weighted by Gasteiger charge is 2.30. The second-order valence-corrected chi connectivity index (χ2v) is 20.6. The molecule has 0 unspecified atom stereocenters. The lowest BCUT2D eigenvalue weighted by Crippen LogP contribution is -2.49. The van der Waals surface area contributed by atoms with Crippen molar-refractivity contribution in [1.29, 1.82) is 0 Å². The van der Waals surface area contributed by atoms with Gasteiger partial charge >= 0.3 is 0 Å². The van der Waals surface area contributed by atoms with Gasteiger partial charge in [-0.15, -0.1) is 0 Å². The molecule has 0 radical (unpaired) electrons. The molecule has 3 saturated carbocycles. The molecule has 12 bridgehead atoms. The minimum Gasteiger partial charge on any atom is -0.496 e. The van der Waals surface area contributed by atoms with Crippen molar-refractivity contribution in [3.63, 3.8) is 0 Å². The Hall–Kier alpha value is -5.34. The fourth-order valence-electron chi connectivity index (χ4n) is 12.9. The minimum atomic E-state index is 0.313. The zero-order valence-corrected chi connectivity index (χ0v) is 43.6. The first-order chi connectivity index (χ1) is 35.4. The average Bonchev–Trinajstić information content (AvgIpc) is 3.42. The van der Waals surface area contributed by atoms with Gasteiger partial charge in [-0.05, 0) is 38.5 Å². The van der Waals surface area contributed by atoms with Crippen molar-refractivity contribution < 1.29 is 28.4 Å². The summed E-state index contributed by atoms with van der Waals surface area (Å²) < 4.78 is 37.3. The molecule has 10 aliphatic rings. The third kappa shape index (κ3) is 10.3. The summed E-state index contributed by atoms with van der Waals surface area (Å²) in [4.78, 5) is 0. The average molecular weight is 979 g/mol. The second kappa shape index (κ2) is 23.3. The number of rotatable bonds is 6. The summed E-state index contributed by atoms with van der Waals surface area (Å²) in [6.07, 6.45) is 13.9. The van der Waals surface area contributed by atoms with Gasteiger partial charge in [0, 0.05) is 141 Å². The van der Waals surface area contributed by atoms with Crippen molar-refractivity contribution in [2.75, 3.05) is 42.7 Å². The zero-order valence-electron chi connectivity index (χ0n) is 43.6. The van der Waals surface area contributed by atoms with Crippen LogP contribution < -0.4 is 60.3 Å². The summed E-state index contributed by atoms with van der Waals surface area (Å²) in [7, 11) is 10.7. The summed E-state index contributed by atoms with van der Waals surface area (Å²) in [6, 6.07) is 28.4. The van der Waals surface area contributed by atoms with Crippen molar-refractivity contribution in [2.45, 2.75) is 153 Å². The van der Waals surface area contributed by atoms with E-state index in [1.807, 2.05) is 0 Å². The summed E-state index contributed by atoms with van der Waals surface area (Å²) in [5.74, 6) is 5.37. The number of hydrogen-bond donors (Lipinski definition) is 6. The number of hydrogen-bond acceptors (Lipinski definition) is 12. The topological polar surface area (TPSA) is 128 Å². The first-order valence-corrected chi connectivity index (χ1v) is 26.8. The Bertz CT molecular complexity index is 2340. The largest absolute Gasteiger partial charge is 0.496 e. The van der Waals surface area contributed by atoms with Gasteiger partial charge in [-0.25, -0.2) is 0 Å². The number of ether oxygens (including phenoxy) is 6. The van der Waals surface area contributed by atoms with Gasteiger partial charge in [0.1, 0.15) is 34.5 Å². The van der Waals surface area contributed by atoms with E-state index in [1.165, 1.54) is 38.5 Å². The molecule has 6 N–H and O–H groups in total. The number of nitrogens with one attached hydrogen (secondary N) is 6. The maximum absolute atomic E-state index is 6.21. The molecule has 7 aliphatic heterocycles. The lowest BCUT2D eigenvalue weighted by Gasteiger charge is -2.34. The molecule has 6 aromatic carbocycles. The van der Waals surface area contributed by atoms with Crippen LogP contribution in [0, 0.1) is 0 Å². The summed E-state index contributed by atoms with van der Waals surface area (Å²) in [5.41, 5.74) is 6.85. The Kier molecular flexibility index (Phi) is 16.2. The molecule has 16 rings (SSSR count). The molecule has 6 aromatic rings. The summed E-state index contributed by atoms with van der Waals surface area (Å²) in [6.45, 7) is 4.24. The van der Waals surface area contributed by atoms with E-state index in [1.54, 1.807) is 42.7 Å². The SMILES string of the molecule is COc1c2ccc3c(OC)c(ccc13)CN[C@@H]1CCCC[C@H]1NCc1ccc3c(OC)c(ccc3c1OC)CN[C@@H]1CCCC[C@H]1NCc1ccc3c(OC)c(ccc3c1OC)CN[C@@H]1CCCC[C@H]1NC2. The van der Waals surface area contributed by atoms with Crippen LogP contribution >= 0.6 is 0 Å². The summed E-state index contributed by atoms with van der Waals surface area (Å²) >= 11 is 0. The Morgan fingerprint density at radius 1 is 0.250 bits per heavy atom.